The molecule has 11 heteroatoms. The van der Waals surface area contributed by atoms with Crippen molar-refractivity contribution in [3.63, 3.8) is 0 Å². The van der Waals surface area contributed by atoms with Crippen molar-refractivity contribution in [2.24, 2.45) is 12.1 Å². The summed E-state index contributed by atoms with van der Waals surface area (Å²) in [6, 6.07) is 7.78. The maximum Gasteiger partial charge on any atom is 0.329 e. The number of imidazole rings is 1. The first kappa shape index (κ1) is 23.2. The Morgan fingerprint density at radius 3 is 2.59 bits per heavy atom. The molecular formula is C21H29N7O4. The number of rotatable bonds is 9. The number of aliphatic hydroxyl groups excluding tert-OH is 1. The van der Waals surface area contributed by atoms with Crippen LogP contribution in [0.15, 0.2) is 39.0 Å². The zero-order valence-corrected chi connectivity index (χ0v) is 18.9. The highest BCUT2D eigenvalue weighted by Crippen LogP contribution is 2.17. The second kappa shape index (κ2) is 9.79. The van der Waals surface area contributed by atoms with Crippen LogP contribution in [0.2, 0.25) is 0 Å². The number of nitrogens with zero attached hydrogens (tertiary/aromatic N) is 5. The Kier molecular flexibility index (Phi) is 7.11. The third kappa shape index (κ3) is 5.24. The largest absolute Gasteiger partial charge is 0.389 e. The fourth-order valence-electron chi connectivity index (χ4n) is 3.09. The zero-order valence-electron chi connectivity index (χ0n) is 18.9. The molecule has 2 aromatic heterocycles. The number of hydrogen-bond acceptors (Lipinski definition) is 8. The highest BCUT2D eigenvalue weighted by Gasteiger charge is 2.19. The van der Waals surface area contributed by atoms with E-state index in [-0.39, 0.29) is 36.4 Å². The lowest BCUT2D eigenvalue weighted by Gasteiger charge is -2.15. The molecule has 0 aliphatic rings. The van der Waals surface area contributed by atoms with E-state index in [1.54, 1.807) is 6.21 Å². The Morgan fingerprint density at radius 1 is 1.28 bits per heavy atom. The number of fused-ring (bicyclic) bond motifs is 1. The summed E-state index contributed by atoms with van der Waals surface area (Å²) < 4.78 is 8.19. The standard InChI is InChI=1S/C21H29N7O4/c1-13(2)32-12-16(29)11-28-17-18(27(5)21(31)24-19(17)30)23-20(28)25-22-10-14-6-8-15(9-7-14)26(3)4/h6-10,13,16,29H,11-12H2,1-5H3,(H,23,25)(H,24,30,31)/b22-10+. The Balaban J connectivity index is 1.92. The van der Waals surface area contributed by atoms with Crippen molar-refractivity contribution < 1.29 is 9.84 Å². The molecule has 2 heterocycles. The van der Waals surface area contributed by atoms with Crippen LogP contribution in [0.5, 0.6) is 0 Å². The van der Waals surface area contributed by atoms with Crippen molar-refractivity contribution in [1.29, 1.82) is 0 Å². The van der Waals surface area contributed by atoms with Crippen molar-refractivity contribution in [3.05, 3.63) is 50.7 Å². The monoisotopic (exact) mass is 443 g/mol. The van der Waals surface area contributed by atoms with Gasteiger partial charge in [-0.25, -0.2) is 10.2 Å². The fraction of sp³-hybridized carbons (Fsp3) is 0.429. The average Bonchev–Trinajstić information content (AvgIpc) is 3.09. The van der Waals surface area contributed by atoms with Crippen molar-refractivity contribution in [2.75, 3.05) is 31.0 Å². The van der Waals surface area contributed by atoms with Gasteiger partial charge in [0.05, 0.1) is 31.6 Å². The van der Waals surface area contributed by atoms with Crippen molar-refractivity contribution in [1.82, 2.24) is 19.1 Å². The van der Waals surface area contributed by atoms with Gasteiger partial charge in [-0.05, 0) is 31.5 Å². The van der Waals surface area contributed by atoms with E-state index in [0.29, 0.717) is 0 Å². The molecule has 0 radical (unpaired) electrons. The number of nitrogens with one attached hydrogen (secondary N) is 2. The van der Waals surface area contributed by atoms with Gasteiger partial charge in [0.1, 0.15) is 0 Å². The van der Waals surface area contributed by atoms with Crippen LogP contribution in [0.4, 0.5) is 11.6 Å². The quantitative estimate of drug-likeness (QED) is 0.328. The maximum atomic E-state index is 12.5. The summed E-state index contributed by atoms with van der Waals surface area (Å²) in [6.07, 6.45) is 0.675. The summed E-state index contributed by atoms with van der Waals surface area (Å²) in [5.41, 5.74) is 3.92. The Hall–Kier alpha value is -3.44. The Bertz CT molecular complexity index is 1210. The number of H-pyrrole nitrogens is 1. The number of benzene rings is 1. The van der Waals surface area contributed by atoms with Gasteiger partial charge in [-0.2, -0.15) is 10.1 Å². The smallest absolute Gasteiger partial charge is 0.329 e. The van der Waals surface area contributed by atoms with Crippen LogP contribution in [0, 0.1) is 0 Å². The number of aliphatic hydroxyl groups is 1. The number of hydrazone groups is 1. The molecule has 0 saturated heterocycles. The number of anilines is 2. The summed E-state index contributed by atoms with van der Waals surface area (Å²) in [6.45, 7) is 3.85. The van der Waals surface area contributed by atoms with Crippen LogP contribution >= 0.6 is 0 Å². The molecule has 0 aliphatic heterocycles. The molecule has 172 valence electrons. The molecule has 0 amide bonds. The fourth-order valence-corrected chi connectivity index (χ4v) is 3.09. The Morgan fingerprint density at radius 2 is 1.97 bits per heavy atom. The predicted molar refractivity (Wildman–Crippen MR) is 125 cm³/mol. The third-order valence-corrected chi connectivity index (χ3v) is 4.81. The van der Waals surface area contributed by atoms with Crippen molar-refractivity contribution in [2.45, 2.75) is 32.6 Å². The molecule has 1 aromatic carbocycles. The summed E-state index contributed by atoms with van der Waals surface area (Å²) in [5, 5.41) is 14.6. The number of aromatic amines is 1. The van der Waals surface area contributed by atoms with Crippen LogP contribution in [-0.4, -0.2) is 63.3 Å². The third-order valence-electron chi connectivity index (χ3n) is 4.81. The van der Waals surface area contributed by atoms with Gasteiger partial charge in [0, 0.05) is 26.8 Å². The predicted octanol–water partition coefficient (Wildman–Crippen LogP) is 0.721. The molecule has 0 spiro atoms. The van der Waals surface area contributed by atoms with E-state index < -0.39 is 17.4 Å². The first-order valence-corrected chi connectivity index (χ1v) is 10.2. The summed E-state index contributed by atoms with van der Waals surface area (Å²) in [5.74, 6) is 0.219. The molecule has 0 fully saturated rings. The second-order valence-corrected chi connectivity index (χ2v) is 7.93. The normalized spacial score (nSPS) is 12.7. The molecular weight excluding hydrogens is 414 g/mol. The van der Waals surface area contributed by atoms with Crippen LogP contribution in [0.1, 0.15) is 19.4 Å². The average molecular weight is 444 g/mol. The first-order valence-electron chi connectivity index (χ1n) is 10.2. The van der Waals surface area contributed by atoms with Gasteiger partial charge < -0.3 is 19.3 Å². The number of aryl methyl sites for hydroxylation is 1. The van der Waals surface area contributed by atoms with Gasteiger partial charge in [-0.3, -0.25) is 14.3 Å². The molecule has 0 aliphatic carbocycles. The molecule has 0 bridgehead atoms. The van der Waals surface area contributed by atoms with E-state index in [2.05, 4.69) is 20.5 Å². The van der Waals surface area contributed by atoms with Crippen LogP contribution < -0.4 is 21.6 Å². The van der Waals surface area contributed by atoms with Gasteiger partial charge in [-0.15, -0.1) is 0 Å². The minimum absolute atomic E-state index is 0.0277. The highest BCUT2D eigenvalue weighted by atomic mass is 16.5. The van der Waals surface area contributed by atoms with Gasteiger partial charge in [0.2, 0.25) is 5.95 Å². The number of ether oxygens (including phenoxy) is 1. The summed E-state index contributed by atoms with van der Waals surface area (Å²) in [7, 11) is 5.44. The van der Waals surface area contributed by atoms with E-state index in [9.17, 15) is 14.7 Å². The molecule has 3 rings (SSSR count). The number of hydrogen-bond donors (Lipinski definition) is 3. The van der Waals surface area contributed by atoms with Crippen LogP contribution in [0.3, 0.4) is 0 Å². The number of aromatic nitrogens is 4. The molecule has 1 unspecified atom stereocenters. The maximum absolute atomic E-state index is 12.5. The highest BCUT2D eigenvalue weighted by molar-refractivity contribution is 5.81. The molecule has 32 heavy (non-hydrogen) atoms. The summed E-state index contributed by atoms with van der Waals surface area (Å²) >= 11 is 0. The lowest BCUT2D eigenvalue weighted by Crippen LogP contribution is -2.30. The van der Waals surface area contributed by atoms with E-state index in [1.165, 1.54) is 16.2 Å². The minimum atomic E-state index is -0.894. The van der Waals surface area contributed by atoms with Gasteiger partial charge in [-0.1, -0.05) is 12.1 Å². The SMILES string of the molecule is CC(C)OCC(O)Cn1c(N/N=C/c2ccc(N(C)C)cc2)nc2c1c(=O)[nH]c(=O)n2C. The van der Waals surface area contributed by atoms with E-state index in [4.69, 9.17) is 4.74 Å². The van der Waals surface area contributed by atoms with Crippen LogP contribution in [0.25, 0.3) is 11.2 Å². The zero-order chi connectivity index (χ0) is 23.4. The lowest BCUT2D eigenvalue weighted by molar-refractivity contribution is -0.000105. The molecule has 11 nitrogen and oxygen atoms in total. The minimum Gasteiger partial charge on any atom is -0.389 e. The topological polar surface area (TPSA) is 130 Å². The van der Waals surface area contributed by atoms with E-state index >= 15 is 0 Å². The second-order valence-electron chi connectivity index (χ2n) is 7.93. The lowest BCUT2D eigenvalue weighted by atomic mass is 10.2. The van der Waals surface area contributed by atoms with Crippen molar-refractivity contribution >= 4 is 29.0 Å². The van der Waals surface area contributed by atoms with E-state index in [0.717, 1.165) is 11.3 Å². The van der Waals surface area contributed by atoms with Gasteiger partial charge in [0.15, 0.2) is 11.2 Å². The first-order chi connectivity index (χ1) is 15.2. The van der Waals surface area contributed by atoms with E-state index in [1.807, 2.05) is 57.1 Å². The summed E-state index contributed by atoms with van der Waals surface area (Å²) in [4.78, 5) is 33.1. The Labute approximate surface area is 185 Å². The van der Waals surface area contributed by atoms with Gasteiger partial charge >= 0.3 is 5.69 Å². The molecule has 0 saturated carbocycles. The van der Waals surface area contributed by atoms with Gasteiger partial charge in [0.25, 0.3) is 5.56 Å². The van der Waals surface area contributed by atoms with Crippen LogP contribution in [-0.2, 0) is 18.3 Å². The molecule has 3 N–H and O–H groups in total. The molecule has 1 atom stereocenters. The molecule has 3 aromatic rings. The van der Waals surface area contributed by atoms with Crippen molar-refractivity contribution in [3.8, 4) is 0 Å².